The zero-order valence-corrected chi connectivity index (χ0v) is 12.0. The van der Waals surface area contributed by atoms with Crippen LogP contribution in [0.15, 0.2) is 42.5 Å². The van der Waals surface area contributed by atoms with E-state index < -0.39 is 10.1 Å². The number of benzene rings is 2. The summed E-state index contributed by atoms with van der Waals surface area (Å²) >= 11 is 0. The maximum Gasteiger partial charge on any atom is 0.306 e. The summed E-state index contributed by atoms with van der Waals surface area (Å²) in [5.41, 5.74) is 3.29. The molecule has 104 valence electrons. The summed E-state index contributed by atoms with van der Waals surface area (Å²) in [4.78, 5) is 10.8. The van der Waals surface area contributed by atoms with Crippen LogP contribution in [0.1, 0.15) is 15.9 Å². The Morgan fingerprint density at radius 1 is 1.10 bits per heavy atom. The molecule has 0 aromatic heterocycles. The van der Waals surface area contributed by atoms with Gasteiger partial charge in [-0.25, -0.2) is 0 Å². The third kappa shape index (κ3) is 3.45. The summed E-state index contributed by atoms with van der Waals surface area (Å²) < 4.78 is 27.0. The monoisotopic (exact) mass is 290 g/mol. The summed E-state index contributed by atoms with van der Waals surface area (Å²) in [6, 6.07) is 12.2. The van der Waals surface area contributed by atoms with E-state index >= 15 is 0 Å². The van der Waals surface area contributed by atoms with E-state index in [1.54, 1.807) is 36.4 Å². The first kappa shape index (κ1) is 14.3. The fourth-order valence-electron chi connectivity index (χ4n) is 1.97. The molecule has 2 aromatic rings. The lowest BCUT2D eigenvalue weighted by molar-refractivity contribution is 0.112. The van der Waals surface area contributed by atoms with Crippen molar-refractivity contribution in [2.24, 2.45) is 0 Å². The van der Waals surface area contributed by atoms with Gasteiger partial charge in [-0.1, -0.05) is 24.3 Å². The molecule has 2 aromatic carbocycles. The highest BCUT2D eigenvalue weighted by Crippen LogP contribution is 2.27. The van der Waals surface area contributed by atoms with E-state index in [4.69, 9.17) is 4.18 Å². The Morgan fingerprint density at radius 3 is 2.45 bits per heavy atom. The van der Waals surface area contributed by atoms with Crippen LogP contribution < -0.4 is 4.18 Å². The lowest BCUT2D eigenvalue weighted by Gasteiger charge is -2.09. The second kappa shape index (κ2) is 5.46. The Morgan fingerprint density at radius 2 is 1.85 bits per heavy atom. The normalized spacial score (nSPS) is 11.1. The molecule has 0 spiro atoms. The molecule has 0 aliphatic rings. The Hall–Kier alpha value is -2.14. The zero-order chi connectivity index (χ0) is 14.8. The first-order chi connectivity index (χ1) is 9.39. The van der Waals surface area contributed by atoms with Crippen molar-refractivity contribution in [1.82, 2.24) is 0 Å². The Kier molecular flexibility index (Phi) is 3.90. The summed E-state index contributed by atoms with van der Waals surface area (Å²) in [6.07, 6.45) is 1.80. The van der Waals surface area contributed by atoms with E-state index in [0.29, 0.717) is 5.56 Å². The minimum atomic E-state index is -3.53. The molecule has 4 nitrogen and oxygen atoms in total. The van der Waals surface area contributed by atoms with Crippen molar-refractivity contribution in [1.29, 1.82) is 0 Å². The van der Waals surface area contributed by atoms with Crippen molar-refractivity contribution in [3.8, 4) is 16.9 Å². The molecule has 20 heavy (non-hydrogen) atoms. The smallest absolute Gasteiger partial charge is 0.306 e. The third-order valence-corrected chi connectivity index (χ3v) is 3.27. The number of aryl methyl sites for hydroxylation is 1. The highest BCUT2D eigenvalue weighted by atomic mass is 32.2. The minimum absolute atomic E-state index is 0.278. The van der Waals surface area contributed by atoms with Crippen LogP contribution in [0.25, 0.3) is 11.1 Å². The molecule has 0 N–H and O–H groups in total. The average Bonchev–Trinajstić information content (AvgIpc) is 2.37. The summed E-state index contributed by atoms with van der Waals surface area (Å²) in [6.45, 7) is 1.86. The molecule has 5 heteroatoms. The third-order valence-electron chi connectivity index (χ3n) is 2.78. The highest BCUT2D eigenvalue weighted by Gasteiger charge is 2.08. The Labute approximate surface area is 118 Å². The second-order valence-corrected chi connectivity index (χ2v) is 6.08. The van der Waals surface area contributed by atoms with Gasteiger partial charge in [-0.2, -0.15) is 8.42 Å². The molecular weight excluding hydrogens is 276 g/mol. The van der Waals surface area contributed by atoms with Crippen LogP contribution >= 0.6 is 0 Å². The predicted molar refractivity (Wildman–Crippen MR) is 77.5 cm³/mol. The average molecular weight is 290 g/mol. The summed E-state index contributed by atoms with van der Waals surface area (Å²) in [5, 5.41) is 0. The number of carbonyl (C=O) groups excluding carboxylic acids is 1. The van der Waals surface area contributed by atoms with Crippen molar-refractivity contribution in [2.75, 3.05) is 6.26 Å². The van der Waals surface area contributed by atoms with Crippen LogP contribution in [-0.2, 0) is 10.1 Å². The van der Waals surface area contributed by atoms with E-state index in [0.717, 1.165) is 29.2 Å². The number of carbonyl (C=O) groups is 1. The standard InChI is InChI=1S/C15H14O4S/c1-11-8-14(19-20(2,17)18)6-7-15(11)13-5-3-4-12(9-13)10-16/h3-10H,1-2H3. The van der Waals surface area contributed by atoms with Crippen LogP contribution in [-0.4, -0.2) is 21.0 Å². The maximum absolute atomic E-state index is 11.1. The van der Waals surface area contributed by atoms with Crippen LogP contribution in [0.3, 0.4) is 0 Å². The van der Waals surface area contributed by atoms with Crippen LogP contribution in [0.4, 0.5) is 0 Å². The maximum atomic E-state index is 11.1. The topological polar surface area (TPSA) is 60.4 Å². The van der Waals surface area contributed by atoms with E-state index in [9.17, 15) is 13.2 Å². The number of aldehydes is 1. The van der Waals surface area contributed by atoms with E-state index in [1.807, 2.05) is 13.0 Å². The number of hydrogen-bond acceptors (Lipinski definition) is 4. The van der Waals surface area contributed by atoms with Crippen molar-refractivity contribution in [3.63, 3.8) is 0 Å². The quantitative estimate of drug-likeness (QED) is 0.641. The van der Waals surface area contributed by atoms with Gasteiger partial charge in [0.2, 0.25) is 0 Å². The Balaban J connectivity index is 2.41. The number of hydrogen-bond donors (Lipinski definition) is 0. The van der Waals surface area contributed by atoms with Gasteiger partial charge in [0, 0.05) is 5.56 Å². The molecule has 0 saturated heterocycles. The van der Waals surface area contributed by atoms with Crippen molar-refractivity contribution in [3.05, 3.63) is 53.6 Å². The molecule has 0 aliphatic heterocycles. The van der Waals surface area contributed by atoms with Gasteiger partial charge in [0.15, 0.2) is 0 Å². The van der Waals surface area contributed by atoms with E-state index in [1.165, 1.54) is 0 Å². The van der Waals surface area contributed by atoms with Crippen molar-refractivity contribution in [2.45, 2.75) is 6.92 Å². The lowest BCUT2D eigenvalue weighted by atomic mass is 9.99. The SMILES string of the molecule is Cc1cc(OS(C)(=O)=O)ccc1-c1cccc(C=O)c1. The van der Waals surface area contributed by atoms with E-state index in [-0.39, 0.29) is 5.75 Å². The van der Waals surface area contributed by atoms with Crippen LogP contribution in [0.5, 0.6) is 5.75 Å². The molecule has 0 atom stereocenters. The first-order valence-corrected chi connectivity index (χ1v) is 7.76. The second-order valence-electron chi connectivity index (χ2n) is 4.51. The first-order valence-electron chi connectivity index (χ1n) is 5.95. The van der Waals surface area contributed by atoms with Gasteiger partial charge in [0.25, 0.3) is 0 Å². The molecule has 0 bridgehead atoms. The van der Waals surface area contributed by atoms with Crippen molar-refractivity contribution >= 4 is 16.4 Å². The molecule has 0 heterocycles. The lowest BCUT2D eigenvalue weighted by Crippen LogP contribution is -2.05. The van der Waals surface area contributed by atoms with Gasteiger partial charge < -0.3 is 4.18 Å². The highest BCUT2D eigenvalue weighted by molar-refractivity contribution is 7.86. The molecule has 2 rings (SSSR count). The fraction of sp³-hybridized carbons (Fsp3) is 0.133. The zero-order valence-electron chi connectivity index (χ0n) is 11.2. The number of rotatable bonds is 4. The minimum Gasteiger partial charge on any atom is -0.383 e. The molecule has 0 fully saturated rings. The summed E-state index contributed by atoms with van der Waals surface area (Å²) in [7, 11) is -3.53. The van der Waals surface area contributed by atoms with Gasteiger partial charge in [0.1, 0.15) is 12.0 Å². The summed E-state index contributed by atoms with van der Waals surface area (Å²) in [5.74, 6) is 0.278. The van der Waals surface area contributed by atoms with Gasteiger partial charge in [-0.15, -0.1) is 0 Å². The van der Waals surface area contributed by atoms with Crippen molar-refractivity contribution < 1.29 is 17.4 Å². The Bertz CT molecular complexity index is 748. The molecule has 0 amide bonds. The fourth-order valence-corrected chi connectivity index (χ4v) is 2.42. The van der Waals surface area contributed by atoms with Gasteiger partial charge in [0.05, 0.1) is 6.26 Å². The van der Waals surface area contributed by atoms with Gasteiger partial charge in [-0.05, 0) is 41.8 Å². The molecule has 0 saturated carbocycles. The predicted octanol–water partition coefficient (Wildman–Crippen LogP) is 2.81. The molecular formula is C15H14O4S. The van der Waals surface area contributed by atoms with Crippen LogP contribution in [0, 0.1) is 6.92 Å². The van der Waals surface area contributed by atoms with E-state index in [2.05, 4.69) is 0 Å². The largest absolute Gasteiger partial charge is 0.383 e. The molecule has 0 radical (unpaired) electrons. The molecule has 0 unspecified atom stereocenters. The van der Waals surface area contributed by atoms with Gasteiger partial charge in [-0.3, -0.25) is 4.79 Å². The molecule has 0 aliphatic carbocycles. The van der Waals surface area contributed by atoms with Crippen LogP contribution in [0.2, 0.25) is 0 Å². The van der Waals surface area contributed by atoms with Gasteiger partial charge >= 0.3 is 10.1 Å².